The maximum Gasteiger partial charge on any atom is 0.165 e. The van der Waals surface area contributed by atoms with Gasteiger partial charge in [-0.3, -0.25) is 0 Å². The molecule has 5 heteroatoms. The first kappa shape index (κ1) is 14.4. The van der Waals surface area contributed by atoms with E-state index in [2.05, 4.69) is 15.9 Å². The van der Waals surface area contributed by atoms with Crippen molar-refractivity contribution in [3.63, 3.8) is 0 Å². The van der Waals surface area contributed by atoms with E-state index in [0.717, 1.165) is 30.7 Å². The highest BCUT2D eigenvalue weighted by Gasteiger charge is 2.14. The summed E-state index contributed by atoms with van der Waals surface area (Å²) in [4.78, 5) is 1.04. The summed E-state index contributed by atoms with van der Waals surface area (Å²) in [5, 5.41) is 1.11. The minimum Gasteiger partial charge on any atom is -0.497 e. The fourth-order valence-corrected chi connectivity index (χ4v) is 4.23. The average Bonchev–Trinajstić information content (AvgIpc) is 2.84. The molecular formula is C16H12BrFO2S. The van der Waals surface area contributed by atoms with Crippen molar-refractivity contribution in [2.24, 2.45) is 0 Å². The first-order chi connectivity index (χ1) is 10.1. The zero-order valence-electron chi connectivity index (χ0n) is 11.4. The lowest BCUT2D eigenvalue weighted by molar-refractivity contribution is 0.387. The van der Waals surface area contributed by atoms with E-state index in [0.29, 0.717) is 0 Å². The van der Waals surface area contributed by atoms with Gasteiger partial charge in [0.05, 0.1) is 14.2 Å². The van der Waals surface area contributed by atoms with Crippen molar-refractivity contribution in [1.29, 1.82) is 0 Å². The Morgan fingerprint density at radius 2 is 1.86 bits per heavy atom. The molecule has 0 fully saturated rings. The zero-order valence-corrected chi connectivity index (χ0v) is 13.8. The fraction of sp³-hybridized carbons (Fsp3) is 0.125. The van der Waals surface area contributed by atoms with Crippen molar-refractivity contribution < 1.29 is 13.9 Å². The fourth-order valence-electron chi connectivity index (χ4n) is 2.16. The molecule has 2 aromatic carbocycles. The lowest BCUT2D eigenvalue weighted by Crippen LogP contribution is -1.88. The monoisotopic (exact) mass is 366 g/mol. The van der Waals surface area contributed by atoms with Gasteiger partial charge in [0.1, 0.15) is 5.75 Å². The molecule has 0 saturated heterocycles. The number of thiophene rings is 1. The largest absolute Gasteiger partial charge is 0.497 e. The Balaban J connectivity index is 2.18. The molecule has 0 aliphatic carbocycles. The molecule has 0 unspecified atom stereocenters. The Labute approximate surface area is 134 Å². The Bertz CT molecular complexity index is 813. The number of fused-ring (bicyclic) bond motifs is 1. The van der Waals surface area contributed by atoms with Gasteiger partial charge in [-0.25, -0.2) is 4.39 Å². The first-order valence-corrected chi connectivity index (χ1v) is 7.85. The smallest absolute Gasteiger partial charge is 0.165 e. The van der Waals surface area contributed by atoms with Crippen LogP contribution in [0.15, 0.2) is 40.9 Å². The summed E-state index contributed by atoms with van der Waals surface area (Å²) in [5.74, 6) is 0.703. The average molecular weight is 367 g/mol. The lowest BCUT2D eigenvalue weighted by atomic mass is 10.1. The van der Waals surface area contributed by atoms with Crippen molar-refractivity contribution in [3.8, 4) is 21.9 Å². The molecule has 108 valence electrons. The number of methoxy groups -OCH3 is 2. The summed E-state index contributed by atoms with van der Waals surface area (Å²) in [6, 6.07) is 10.8. The van der Waals surface area contributed by atoms with Crippen molar-refractivity contribution in [1.82, 2.24) is 0 Å². The van der Waals surface area contributed by atoms with E-state index in [9.17, 15) is 4.39 Å². The van der Waals surface area contributed by atoms with Crippen LogP contribution >= 0.6 is 27.3 Å². The SMILES string of the molecule is COc1ccc2c(Br)c(-c3ccc(F)c(OC)c3)sc2c1. The molecule has 0 aliphatic heterocycles. The molecule has 0 N–H and O–H groups in total. The number of halogens is 2. The quantitative estimate of drug-likeness (QED) is 0.610. The number of benzene rings is 2. The third kappa shape index (κ3) is 2.51. The standard InChI is InChI=1S/C16H12BrFO2S/c1-19-10-4-5-11-14(8-10)21-16(15(11)17)9-3-6-12(18)13(7-9)20-2/h3-8H,1-2H3. The predicted molar refractivity (Wildman–Crippen MR) is 88.0 cm³/mol. The van der Waals surface area contributed by atoms with Gasteiger partial charge in [0.2, 0.25) is 0 Å². The van der Waals surface area contributed by atoms with Gasteiger partial charge < -0.3 is 9.47 Å². The molecule has 0 bridgehead atoms. The second-order valence-corrected chi connectivity index (χ2v) is 6.30. The van der Waals surface area contributed by atoms with E-state index in [1.54, 1.807) is 30.6 Å². The molecule has 0 atom stereocenters. The van der Waals surface area contributed by atoms with Crippen LogP contribution in [0.2, 0.25) is 0 Å². The molecule has 0 aliphatic rings. The molecule has 0 radical (unpaired) electrons. The Kier molecular flexibility index (Phi) is 3.87. The van der Waals surface area contributed by atoms with E-state index in [1.165, 1.54) is 13.2 Å². The molecule has 21 heavy (non-hydrogen) atoms. The van der Waals surface area contributed by atoms with Crippen LogP contribution in [0.25, 0.3) is 20.5 Å². The minimum atomic E-state index is -0.361. The van der Waals surface area contributed by atoms with Gasteiger partial charge in [-0.2, -0.15) is 0 Å². The molecular weight excluding hydrogens is 355 g/mol. The van der Waals surface area contributed by atoms with Crippen LogP contribution in [-0.4, -0.2) is 14.2 Å². The van der Waals surface area contributed by atoms with Crippen LogP contribution in [-0.2, 0) is 0 Å². The van der Waals surface area contributed by atoms with Crippen molar-refractivity contribution in [2.45, 2.75) is 0 Å². The summed E-state index contributed by atoms with van der Waals surface area (Å²) in [6.45, 7) is 0. The van der Waals surface area contributed by atoms with E-state index < -0.39 is 0 Å². The van der Waals surface area contributed by atoms with Crippen molar-refractivity contribution >= 4 is 37.4 Å². The number of ether oxygens (including phenoxy) is 2. The van der Waals surface area contributed by atoms with Gasteiger partial charge in [-0.05, 0) is 51.8 Å². The zero-order chi connectivity index (χ0) is 15.0. The molecule has 3 aromatic rings. The Morgan fingerprint density at radius 1 is 1.05 bits per heavy atom. The van der Waals surface area contributed by atoms with Crippen LogP contribution in [0.1, 0.15) is 0 Å². The van der Waals surface area contributed by atoms with Crippen LogP contribution in [0.5, 0.6) is 11.5 Å². The highest BCUT2D eigenvalue weighted by atomic mass is 79.9. The van der Waals surface area contributed by atoms with Crippen molar-refractivity contribution in [3.05, 3.63) is 46.7 Å². The second kappa shape index (κ2) is 5.66. The molecule has 0 saturated carbocycles. The van der Waals surface area contributed by atoms with Crippen LogP contribution in [0.4, 0.5) is 4.39 Å². The van der Waals surface area contributed by atoms with Gasteiger partial charge in [0.15, 0.2) is 11.6 Å². The first-order valence-electron chi connectivity index (χ1n) is 6.24. The summed E-state index contributed by atoms with van der Waals surface area (Å²) in [7, 11) is 3.11. The third-order valence-corrected chi connectivity index (χ3v) is 5.54. The van der Waals surface area contributed by atoms with Gasteiger partial charge in [-0.15, -0.1) is 11.3 Å². The highest BCUT2D eigenvalue weighted by molar-refractivity contribution is 9.10. The van der Waals surface area contributed by atoms with Gasteiger partial charge in [0.25, 0.3) is 0 Å². The maximum atomic E-state index is 13.5. The van der Waals surface area contributed by atoms with E-state index in [1.807, 2.05) is 18.2 Å². The van der Waals surface area contributed by atoms with Gasteiger partial charge in [0, 0.05) is 19.4 Å². The molecule has 3 rings (SSSR count). The van der Waals surface area contributed by atoms with Gasteiger partial charge in [-0.1, -0.05) is 6.07 Å². The normalized spacial score (nSPS) is 10.9. The number of hydrogen-bond acceptors (Lipinski definition) is 3. The van der Waals surface area contributed by atoms with Crippen LogP contribution in [0.3, 0.4) is 0 Å². The summed E-state index contributed by atoms with van der Waals surface area (Å²) in [5.41, 5.74) is 0.917. The molecule has 0 amide bonds. The van der Waals surface area contributed by atoms with E-state index in [-0.39, 0.29) is 11.6 Å². The van der Waals surface area contributed by atoms with Crippen LogP contribution in [0, 0.1) is 5.82 Å². The predicted octanol–water partition coefficient (Wildman–Crippen LogP) is 5.49. The maximum absolute atomic E-state index is 13.5. The van der Waals surface area contributed by atoms with Crippen LogP contribution < -0.4 is 9.47 Å². The Morgan fingerprint density at radius 3 is 2.57 bits per heavy atom. The molecule has 2 nitrogen and oxygen atoms in total. The summed E-state index contributed by atoms with van der Waals surface area (Å²) < 4.78 is 26.0. The summed E-state index contributed by atoms with van der Waals surface area (Å²) in [6.07, 6.45) is 0. The lowest BCUT2D eigenvalue weighted by Gasteiger charge is -2.04. The van der Waals surface area contributed by atoms with Gasteiger partial charge >= 0.3 is 0 Å². The third-order valence-electron chi connectivity index (χ3n) is 3.25. The van der Waals surface area contributed by atoms with E-state index in [4.69, 9.17) is 9.47 Å². The molecule has 1 aromatic heterocycles. The number of rotatable bonds is 3. The molecule has 1 heterocycles. The Hall–Kier alpha value is -1.59. The molecule has 0 spiro atoms. The highest BCUT2D eigenvalue weighted by Crippen LogP contribution is 2.44. The van der Waals surface area contributed by atoms with Crippen molar-refractivity contribution in [2.75, 3.05) is 14.2 Å². The topological polar surface area (TPSA) is 18.5 Å². The summed E-state index contributed by atoms with van der Waals surface area (Å²) >= 11 is 5.26. The minimum absolute atomic E-state index is 0.245. The second-order valence-electron chi connectivity index (χ2n) is 4.46. The number of hydrogen-bond donors (Lipinski definition) is 0. The van der Waals surface area contributed by atoms with E-state index >= 15 is 0 Å².